The van der Waals surface area contributed by atoms with Gasteiger partial charge in [0.1, 0.15) is 18.8 Å². The van der Waals surface area contributed by atoms with E-state index in [1.165, 1.54) is 51.4 Å². The van der Waals surface area contributed by atoms with Crippen LogP contribution in [0, 0.1) is 46.3 Å². The van der Waals surface area contributed by atoms with Gasteiger partial charge in [-0.15, -0.1) is 0 Å². The van der Waals surface area contributed by atoms with Crippen molar-refractivity contribution in [2.75, 3.05) is 0 Å². The molecule has 0 aromatic heterocycles. The molecule has 0 amide bonds. The third-order valence-corrected chi connectivity index (χ3v) is 10.8. The van der Waals surface area contributed by atoms with Crippen molar-refractivity contribution in [3.63, 3.8) is 0 Å². The Morgan fingerprint density at radius 1 is 1.09 bits per heavy atom. The van der Waals surface area contributed by atoms with Gasteiger partial charge in [-0.25, -0.2) is 0 Å². The fourth-order valence-corrected chi connectivity index (χ4v) is 9.05. The maximum atomic E-state index is 11.9. The molecule has 0 spiro atoms. The average molecular weight is 457 g/mol. The predicted octanol–water partition coefficient (Wildman–Crippen LogP) is 7.53. The van der Waals surface area contributed by atoms with Crippen LogP contribution < -0.4 is 0 Å². The van der Waals surface area contributed by atoms with Gasteiger partial charge in [-0.2, -0.15) is 0 Å². The zero-order valence-electron chi connectivity index (χ0n) is 21.9. The summed E-state index contributed by atoms with van der Waals surface area (Å²) < 4.78 is 5.62. The Bertz CT molecular complexity index is 754. The third kappa shape index (κ3) is 4.72. The highest BCUT2D eigenvalue weighted by atomic mass is 16.5. The summed E-state index contributed by atoms with van der Waals surface area (Å²) in [6.07, 6.45) is 17.0. The van der Waals surface area contributed by atoms with Crippen molar-refractivity contribution < 1.29 is 14.3 Å². The van der Waals surface area contributed by atoms with E-state index in [0.717, 1.165) is 54.8 Å². The zero-order valence-corrected chi connectivity index (χ0v) is 21.9. The van der Waals surface area contributed by atoms with Crippen molar-refractivity contribution in [2.24, 2.45) is 46.3 Å². The smallest absolute Gasteiger partial charge is 0.313 e. The average Bonchev–Trinajstić information content (AvgIpc) is 3.11. The van der Waals surface area contributed by atoms with Crippen molar-refractivity contribution in [3.8, 4) is 0 Å². The lowest BCUT2D eigenvalue weighted by atomic mass is 9.47. The number of aldehydes is 1. The van der Waals surface area contributed by atoms with Crippen LogP contribution >= 0.6 is 0 Å². The molecule has 0 aromatic rings. The normalized spacial score (nSPS) is 40.9. The van der Waals surface area contributed by atoms with Crippen LogP contribution in [0.1, 0.15) is 112 Å². The van der Waals surface area contributed by atoms with Gasteiger partial charge >= 0.3 is 5.97 Å². The van der Waals surface area contributed by atoms with Gasteiger partial charge in [0.15, 0.2) is 0 Å². The molecule has 4 aliphatic rings. The quantitative estimate of drug-likeness (QED) is 0.164. The lowest BCUT2D eigenvalue weighted by molar-refractivity contribution is -0.152. The van der Waals surface area contributed by atoms with E-state index in [0.29, 0.717) is 11.7 Å². The molecule has 186 valence electrons. The largest absolute Gasteiger partial charge is 0.462 e. The van der Waals surface area contributed by atoms with E-state index in [2.05, 4.69) is 40.7 Å². The maximum Gasteiger partial charge on any atom is 0.313 e. The Morgan fingerprint density at radius 3 is 2.61 bits per heavy atom. The van der Waals surface area contributed by atoms with Crippen LogP contribution in [0.25, 0.3) is 0 Å². The topological polar surface area (TPSA) is 43.4 Å². The molecule has 0 saturated heterocycles. The summed E-state index contributed by atoms with van der Waals surface area (Å²) in [4.78, 5) is 22.5. The molecule has 0 aromatic carbocycles. The molecule has 0 unspecified atom stereocenters. The Labute approximate surface area is 202 Å². The van der Waals surface area contributed by atoms with Gasteiger partial charge < -0.3 is 9.53 Å². The number of hydrogen-bond donors (Lipinski definition) is 0. The number of fused-ring (bicyclic) bond motifs is 5. The molecule has 3 fully saturated rings. The van der Waals surface area contributed by atoms with E-state index in [4.69, 9.17) is 4.74 Å². The van der Waals surface area contributed by atoms with Crippen LogP contribution in [-0.2, 0) is 14.3 Å². The number of ether oxygens (including phenoxy) is 1. The van der Waals surface area contributed by atoms with E-state index in [9.17, 15) is 9.59 Å². The minimum absolute atomic E-state index is 0.0373. The van der Waals surface area contributed by atoms with Crippen LogP contribution in [0.3, 0.4) is 0 Å². The minimum atomic E-state index is -0.360. The van der Waals surface area contributed by atoms with Gasteiger partial charge in [0, 0.05) is 6.42 Å². The van der Waals surface area contributed by atoms with Crippen molar-refractivity contribution >= 4 is 12.3 Å². The molecular weight excluding hydrogens is 408 g/mol. The molecule has 4 aliphatic carbocycles. The molecule has 0 heterocycles. The van der Waals surface area contributed by atoms with Gasteiger partial charge in [0.2, 0.25) is 0 Å². The van der Waals surface area contributed by atoms with E-state index in [-0.39, 0.29) is 23.9 Å². The summed E-state index contributed by atoms with van der Waals surface area (Å²) >= 11 is 0. The van der Waals surface area contributed by atoms with Crippen molar-refractivity contribution in [3.05, 3.63) is 11.6 Å². The molecule has 3 nitrogen and oxygen atoms in total. The Hall–Kier alpha value is -1.12. The number of allylic oxidation sites excluding steroid dienone is 1. The van der Waals surface area contributed by atoms with Crippen molar-refractivity contribution in [2.45, 2.75) is 118 Å². The molecule has 3 saturated carbocycles. The predicted molar refractivity (Wildman–Crippen MR) is 134 cm³/mol. The van der Waals surface area contributed by atoms with E-state index in [1.54, 1.807) is 5.57 Å². The fraction of sp³-hybridized carbons (Fsp3) is 0.867. The first-order chi connectivity index (χ1) is 15.7. The Balaban J connectivity index is 1.44. The summed E-state index contributed by atoms with van der Waals surface area (Å²) in [6.45, 7) is 12.4. The van der Waals surface area contributed by atoms with Crippen molar-refractivity contribution in [1.29, 1.82) is 0 Å². The molecule has 4 rings (SSSR count). The van der Waals surface area contributed by atoms with Crippen LogP contribution in [0.5, 0.6) is 0 Å². The highest BCUT2D eigenvalue weighted by Gasteiger charge is 2.59. The zero-order chi connectivity index (χ0) is 23.8. The summed E-state index contributed by atoms with van der Waals surface area (Å²) in [6, 6.07) is 0. The molecule has 0 N–H and O–H groups in total. The first-order valence-electron chi connectivity index (χ1n) is 14.0. The van der Waals surface area contributed by atoms with Gasteiger partial charge in [-0.3, -0.25) is 4.79 Å². The number of rotatable bonds is 8. The second kappa shape index (κ2) is 9.86. The summed E-state index contributed by atoms with van der Waals surface area (Å²) in [5.74, 6) is 4.73. The summed E-state index contributed by atoms with van der Waals surface area (Å²) in [5.41, 5.74) is 2.35. The molecule has 0 aliphatic heterocycles. The van der Waals surface area contributed by atoms with Crippen LogP contribution in [0.2, 0.25) is 0 Å². The second-order valence-corrected chi connectivity index (χ2v) is 13.0. The SMILES string of the molecule is CC(C)CCC[C@@H](C)[C@H]1CC[C@H]2[C@@H]3CC=C4C[C@@H](OC(=O)CC=O)CC[C@]4(C)[C@H]3CC[C@]12C. The number of hydrogen-bond acceptors (Lipinski definition) is 3. The molecule has 8 atom stereocenters. The molecular formula is C30H48O3. The van der Waals surface area contributed by atoms with E-state index < -0.39 is 0 Å². The van der Waals surface area contributed by atoms with Crippen LogP contribution in [-0.4, -0.2) is 18.4 Å². The summed E-state index contributed by atoms with van der Waals surface area (Å²) in [7, 11) is 0. The van der Waals surface area contributed by atoms with Gasteiger partial charge in [0.25, 0.3) is 0 Å². The number of esters is 1. The number of carbonyl (C=O) groups is 2. The highest BCUT2D eigenvalue weighted by Crippen LogP contribution is 2.67. The van der Waals surface area contributed by atoms with Crippen LogP contribution in [0.15, 0.2) is 11.6 Å². The first kappa shape index (κ1) is 25.0. The molecule has 33 heavy (non-hydrogen) atoms. The van der Waals surface area contributed by atoms with E-state index >= 15 is 0 Å². The fourth-order valence-electron chi connectivity index (χ4n) is 9.05. The lowest BCUT2D eigenvalue weighted by Gasteiger charge is -2.58. The molecule has 0 radical (unpaired) electrons. The monoisotopic (exact) mass is 456 g/mol. The minimum Gasteiger partial charge on any atom is -0.462 e. The Kier molecular flexibility index (Phi) is 7.47. The van der Waals surface area contributed by atoms with Crippen LogP contribution in [0.4, 0.5) is 0 Å². The van der Waals surface area contributed by atoms with Crippen molar-refractivity contribution in [1.82, 2.24) is 0 Å². The standard InChI is InChI=1S/C30H48O3/c1-20(2)7-6-8-21(3)25-11-12-26-24-10-9-22-19-23(33-28(32)15-18-31)13-16-29(22,4)27(24)14-17-30(25,26)5/h9,18,20-21,23-27H,6-8,10-17,19H2,1-5H3/t21-,23+,24+,25-,26+,27+,29+,30-/m1/s1. The highest BCUT2D eigenvalue weighted by molar-refractivity contribution is 5.83. The van der Waals surface area contributed by atoms with Gasteiger partial charge in [-0.1, -0.05) is 65.5 Å². The maximum absolute atomic E-state index is 11.9. The van der Waals surface area contributed by atoms with Gasteiger partial charge in [0.05, 0.1) is 0 Å². The second-order valence-electron chi connectivity index (χ2n) is 13.0. The summed E-state index contributed by atoms with van der Waals surface area (Å²) in [5, 5.41) is 0. The first-order valence-corrected chi connectivity index (χ1v) is 14.0. The van der Waals surface area contributed by atoms with E-state index in [1.807, 2.05) is 0 Å². The lowest BCUT2D eigenvalue weighted by Crippen LogP contribution is -2.51. The third-order valence-electron chi connectivity index (χ3n) is 10.8. The number of carbonyl (C=O) groups excluding carboxylic acids is 2. The molecule has 0 bridgehead atoms. The van der Waals surface area contributed by atoms with Gasteiger partial charge in [-0.05, 0) is 91.3 Å². The molecule has 3 heteroatoms. The Morgan fingerprint density at radius 2 is 1.88 bits per heavy atom.